The van der Waals surface area contributed by atoms with E-state index >= 15 is 0 Å². The maximum Gasteiger partial charge on any atom is 0.248 e. The number of amides is 1. The van der Waals surface area contributed by atoms with Gasteiger partial charge in [0.2, 0.25) is 5.91 Å². The average molecular weight is 345 g/mol. The topological polar surface area (TPSA) is 58.6 Å². The van der Waals surface area contributed by atoms with Gasteiger partial charge < -0.3 is 15.2 Å². The number of anilines is 1. The second-order valence-corrected chi connectivity index (χ2v) is 5.71. The van der Waals surface area contributed by atoms with Crippen molar-refractivity contribution in [1.82, 2.24) is 0 Å². The fourth-order valence-electron chi connectivity index (χ4n) is 2.32. The molecule has 0 spiro atoms. The van der Waals surface area contributed by atoms with Crippen LogP contribution < -0.4 is 10.1 Å². The minimum absolute atomic E-state index is 0.160. The van der Waals surface area contributed by atoms with Gasteiger partial charge in [0.05, 0.1) is 0 Å². The van der Waals surface area contributed by atoms with E-state index < -0.39 is 0 Å². The molecular formula is C22H19NO3. The van der Waals surface area contributed by atoms with Crippen LogP contribution >= 0.6 is 0 Å². The molecule has 0 aliphatic carbocycles. The molecule has 4 nitrogen and oxygen atoms in total. The van der Waals surface area contributed by atoms with Crippen LogP contribution in [0.1, 0.15) is 11.1 Å². The molecule has 130 valence electrons. The standard InChI is InChI=1S/C22H19NO3/c24-20-11-9-19(10-12-20)23-22(25)15-8-17-6-13-21(14-7-17)26-16-18-4-2-1-3-5-18/h1-15,24H,16H2,(H,23,25). The predicted molar refractivity (Wildman–Crippen MR) is 103 cm³/mol. The van der Waals surface area contributed by atoms with Crippen molar-refractivity contribution in [3.05, 3.63) is 96.1 Å². The SMILES string of the molecule is O=C(C=Cc1ccc(OCc2ccccc2)cc1)Nc1ccc(O)cc1. The third-order valence-electron chi connectivity index (χ3n) is 3.69. The second-order valence-electron chi connectivity index (χ2n) is 5.71. The number of carbonyl (C=O) groups is 1. The molecule has 3 aromatic carbocycles. The van der Waals surface area contributed by atoms with Crippen molar-refractivity contribution in [2.24, 2.45) is 0 Å². The van der Waals surface area contributed by atoms with Crippen molar-refractivity contribution in [2.45, 2.75) is 6.61 Å². The predicted octanol–water partition coefficient (Wildman–Crippen LogP) is 4.62. The molecule has 0 atom stereocenters. The van der Waals surface area contributed by atoms with E-state index in [4.69, 9.17) is 4.74 Å². The number of phenols is 1. The van der Waals surface area contributed by atoms with E-state index in [-0.39, 0.29) is 11.7 Å². The van der Waals surface area contributed by atoms with E-state index in [0.29, 0.717) is 12.3 Å². The minimum atomic E-state index is -0.236. The van der Waals surface area contributed by atoms with Crippen LogP contribution in [0.5, 0.6) is 11.5 Å². The molecule has 0 bridgehead atoms. The first-order valence-electron chi connectivity index (χ1n) is 8.24. The van der Waals surface area contributed by atoms with E-state index in [9.17, 15) is 9.90 Å². The van der Waals surface area contributed by atoms with Crippen molar-refractivity contribution in [3.8, 4) is 11.5 Å². The van der Waals surface area contributed by atoms with Gasteiger partial charge in [-0.15, -0.1) is 0 Å². The first kappa shape index (κ1) is 17.3. The molecule has 26 heavy (non-hydrogen) atoms. The fourth-order valence-corrected chi connectivity index (χ4v) is 2.32. The Kier molecular flexibility index (Phi) is 5.68. The molecule has 0 heterocycles. The quantitative estimate of drug-likeness (QED) is 0.506. The van der Waals surface area contributed by atoms with Crippen molar-refractivity contribution < 1.29 is 14.6 Å². The monoisotopic (exact) mass is 345 g/mol. The largest absolute Gasteiger partial charge is 0.508 e. The van der Waals surface area contributed by atoms with Crippen LogP contribution in [0.2, 0.25) is 0 Å². The fraction of sp³-hybridized carbons (Fsp3) is 0.0455. The first-order valence-corrected chi connectivity index (χ1v) is 8.24. The summed E-state index contributed by atoms with van der Waals surface area (Å²) in [4.78, 5) is 11.9. The highest BCUT2D eigenvalue weighted by molar-refractivity contribution is 6.01. The number of benzene rings is 3. The maximum absolute atomic E-state index is 11.9. The number of rotatable bonds is 6. The number of nitrogens with one attached hydrogen (secondary N) is 1. The third kappa shape index (κ3) is 5.24. The molecule has 0 aliphatic heterocycles. The summed E-state index contributed by atoms with van der Waals surface area (Å²) in [5.74, 6) is 0.702. The van der Waals surface area contributed by atoms with Crippen molar-refractivity contribution in [1.29, 1.82) is 0 Å². The van der Waals surface area contributed by atoms with Crippen LogP contribution in [0.4, 0.5) is 5.69 Å². The molecule has 0 fully saturated rings. The van der Waals surface area contributed by atoms with Crippen molar-refractivity contribution in [3.63, 3.8) is 0 Å². The Hall–Kier alpha value is -3.53. The van der Waals surface area contributed by atoms with Crippen LogP contribution in [0.15, 0.2) is 84.9 Å². The summed E-state index contributed by atoms with van der Waals surface area (Å²) >= 11 is 0. The summed E-state index contributed by atoms with van der Waals surface area (Å²) in [6.07, 6.45) is 3.20. The van der Waals surface area contributed by atoms with Crippen LogP contribution in [-0.2, 0) is 11.4 Å². The van der Waals surface area contributed by atoms with Crippen LogP contribution in [0.25, 0.3) is 6.08 Å². The third-order valence-corrected chi connectivity index (χ3v) is 3.69. The van der Waals surface area contributed by atoms with Crippen molar-refractivity contribution in [2.75, 3.05) is 5.32 Å². The highest BCUT2D eigenvalue weighted by Crippen LogP contribution is 2.16. The smallest absolute Gasteiger partial charge is 0.248 e. The molecule has 3 aromatic rings. The average Bonchev–Trinajstić information content (AvgIpc) is 2.68. The van der Waals surface area contributed by atoms with E-state index in [0.717, 1.165) is 16.9 Å². The van der Waals surface area contributed by atoms with Gasteiger partial charge >= 0.3 is 0 Å². The zero-order valence-electron chi connectivity index (χ0n) is 14.1. The highest BCUT2D eigenvalue weighted by Gasteiger charge is 1.99. The van der Waals surface area contributed by atoms with Gasteiger partial charge in [-0.2, -0.15) is 0 Å². The van der Waals surface area contributed by atoms with E-state index in [1.54, 1.807) is 18.2 Å². The van der Waals surface area contributed by atoms with E-state index in [1.165, 1.54) is 18.2 Å². The lowest BCUT2D eigenvalue weighted by molar-refractivity contribution is -0.111. The molecular weight excluding hydrogens is 326 g/mol. The first-order chi connectivity index (χ1) is 12.7. The molecule has 0 saturated carbocycles. The van der Waals surface area contributed by atoms with Gasteiger partial charge in [0.25, 0.3) is 0 Å². The molecule has 0 saturated heterocycles. The lowest BCUT2D eigenvalue weighted by Crippen LogP contribution is -2.07. The zero-order valence-corrected chi connectivity index (χ0v) is 14.1. The van der Waals surface area contributed by atoms with Crippen LogP contribution in [-0.4, -0.2) is 11.0 Å². The van der Waals surface area contributed by atoms with Gasteiger partial charge in [0, 0.05) is 11.8 Å². The maximum atomic E-state index is 11.9. The Morgan fingerprint density at radius 3 is 2.31 bits per heavy atom. The molecule has 0 unspecified atom stereocenters. The molecule has 0 aliphatic rings. The minimum Gasteiger partial charge on any atom is -0.508 e. The second kappa shape index (κ2) is 8.53. The Morgan fingerprint density at radius 1 is 0.923 bits per heavy atom. The van der Waals surface area contributed by atoms with Gasteiger partial charge in [-0.1, -0.05) is 42.5 Å². The van der Waals surface area contributed by atoms with E-state index in [1.807, 2.05) is 54.6 Å². The summed E-state index contributed by atoms with van der Waals surface area (Å²) in [6.45, 7) is 0.519. The van der Waals surface area contributed by atoms with Gasteiger partial charge in [-0.25, -0.2) is 0 Å². The molecule has 0 radical (unpaired) electrons. The molecule has 4 heteroatoms. The summed E-state index contributed by atoms with van der Waals surface area (Å²) in [5, 5.41) is 12.0. The Morgan fingerprint density at radius 2 is 1.62 bits per heavy atom. The molecule has 3 rings (SSSR count). The Labute approximate surface area is 152 Å². The molecule has 0 aromatic heterocycles. The Balaban J connectivity index is 1.52. The number of carbonyl (C=O) groups excluding carboxylic acids is 1. The van der Waals surface area contributed by atoms with Gasteiger partial charge in [-0.3, -0.25) is 4.79 Å². The normalized spacial score (nSPS) is 10.6. The van der Waals surface area contributed by atoms with E-state index in [2.05, 4.69) is 5.32 Å². The van der Waals surface area contributed by atoms with Gasteiger partial charge in [0.1, 0.15) is 18.1 Å². The number of phenolic OH excluding ortho intramolecular Hbond substituents is 1. The molecule has 1 amide bonds. The summed E-state index contributed by atoms with van der Waals surface area (Å²) in [5.41, 5.74) is 2.64. The number of aromatic hydroxyl groups is 1. The lowest BCUT2D eigenvalue weighted by Gasteiger charge is -2.06. The number of hydrogen-bond donors (Lipinski definition) is 2. The lowest BCUT2D eigenvalue weighted by atomic mass is 10.2. The van der Waals surface area contributed by atoms with Gasteiger partial charge in [0.15, 0.2) is 0 Å². The Bertz CT molecular complexity index is 870. The molecule has 2 N–H and O–H groups in total. The van der Waals surface area contributed by atoms with Crippen molar-refractivity contribution >= 4 is 17.7 Å². The summed E-state index contributed by atoms with van der Waals surface area (Å²) in [7, 11) is 0. The summed E-state index contributed by atoms with van der Waals surface area (Å²) < 4.78 is 5.74. The number of ether oxygens (including phenoxy) is 1. The summed E-state index contributed by atoms with van der Waals surface area (Å²) in [6, 6.07) is 23.8. The van der Waals surface area contributed by atoms with Crippen LogP contribution in [0, 0.1) is 0 Å². The highest BCUT2D eigenvalue weighted by atomic mass is 16.5. The number of hydrogen-bond acceptors (Lipinski definition) is 3. The zero-order chi connectivity index (χ0) is 18.2. The van der Waals surface area contributed by atoms with Crippen LogP contribution in [0.3, 0.4) is 0 Å². The van der Waals surface area contributed by atoms with Gasteiger partial charge in [-0.05, 0) is 53.6 Å².